The van der Waals surface area contributed by atoms with Gasteiger partial charge in [0.25, 0.3) is 0 Å². The van der Waals surface area contributed by atoms with E-state index >= 15 is 0 Å². The summed E-state index contributed by atoms with van der Waals surface area (Å²) >= 11 is 15.9. The molecule has 0 aromatic heterocycles. The smallest absolute Gasteiger partial charge is 0.0721 e. The molecule has 0 unspecified atom stereocenters. The highest BCUT2D eigenvalue weighted by molar-refractivity contribution is 9.10. The normalized spacial score (nSPS) is 24.0. The van der Waals surface area contributed by atoms with Gasteiger partial charge in [0.05, 0.1) is 15.7 Å². The zero-order valence-electron chi connectivity index (χ0n) is 10.5. The molecule has 1 aliphatic carbocycles. The van der Waals surface area contributed by atoms with Crippen molar-refractivity contribution in [2.24, 2.45) is 5.92 Å². The van der Waals surface area contributed by atoms with Gasteiger partial charge in [-0.05, 0) is 43.7 Å². The van der Waals surface area contributed by atoms with Gasteiger partial charge in [0, 0.05) is 10.5 Å². The highest BCUT2D eigenvalue weighted by Crippen LogP contribution is 2.36. The van der Waals surface area contributed by atoms with E-state index in [2.05, 4.69) is 28.2 Å². The summed E-state index contributed by atoms with van der Waals surface area (Å²) in [4.78, 5) is 0. The second-order valence-corrected chi connectivity index (χ2v) is 6.74. The molecule has 1 fully saturated rings. The molecule has 1 aromatic carbocycles. The van der Waals surface area contributed by atoms with Gasteiger partial charge in [0.1, 0.15) is 0 Å². The molecule has 1 aromatic rings. The lowest BCUT2D eigenvalue weighted by atomic mass is 9.84. The first-order chi connectivity index (χ1) is 8.60. The number of halogens is 3. The quantitative estimate of drug-likeness (QED) is 0.690. The van der Waals surface area contributed by atoms with Crippen LogP contribution in [0.25, 0.3) is 0 Å². The van der Waals surface area contributed by atoms with Crippen molar-refractivity contribution in [2.75, 3.05) is 5.32 Å². The van der Waals surface area contributed by atoms with E-state index in [0.29, 0.717) is 16.1 Å². The van der Waals surface area contributed by atoms with Crippen LogP contribution in [0.4, 0.5) is 5.69 Å². The minimum atomic E-state index is 0.504. The van der Waals surface area contributed by atoms with Gasteiger partial charge in [-0.1, -0.05) is 52.5 Å². The predicted molar refractivity (Wildman–Crippen MR) is 83.8 cm³/mol. The van der Waals surface area contributed by atoms with Gasteiger partial charge in [0.15, 0.2) is 0 Å². The highest BCUT2D eigenvalue weighted by atomic mass is 79.9. The zero-order chi connectivity index (χ0) is 13.1. The molecule has 0 aliphatic heterocycles. The third-order valence-corrected chi connectivity index (χ3v) is 4.83. The fourth-order valence-corrected chi connectivity index (χ4v) is 3.92. The van der Waals surface area contributed by atoms with Crippen molar-refractivity contribution in [1.29, 1.82) is 0 Å². The van der Waals surface area contributed by atoms with E-state index < -0.39 is 0 Å². The van der Waals surface area contributed by atoms with Crippen LogP contribution in [0.2, 0.25) is 10.0 Å². The molecule has 1 nitrogen and oxygen atoms in total. The van der Waals surface area contributed by atoms with E-state index in [9.17, 15) is 0 Å². The lowest BCUT2D eigenvalue weighted by molar-refractivity contribution is 0.330. The Kier molecular flexibility index (Phi) is 5.23. The molecule has 1 saturated carbocycles. The second-order valence-electron chi connectivity index (χ2n) is 5.01. The van der Waals surface area contributed by atoms with Crippen molar-refractivity contribution in [1.82, 2.24) is 0 Å². The summed E-state index contributed by atoms with van der Waals surface area (Å²) in [6.45, 7) is 2.28. The van der Waals surface area contributed by atoms with E-state index in [4.69, 9.17) is 23.2 Å². The number of rotatable bonds is 3. The summed E-state index contributed by atoms with van der Waals surface area (Å²) in [7, 11) is 0. The molecular formula is C14H18BrCl2N. The number of hydrogen-bond donors (Lipinski definition) is 1. The molecule has 1 N–H and O–H groups in total. The zero-order valence-corrected chi connectivity index (χ0v) is 13.6. The molecule has 0 bridgehead atoms. The molecule has 1 aliphatic rings. The fourth-order valence-electron chi connectivity index (χ4n) is 2.60. The fraction of sp³-hybridized carbons (Fsp3) is 0.571. The van der Waals surface area contributed by atoms with Crippen LogP contribution in [0, 0.1) is 5.92 Å². The standard InChI is InChI=1S/C14H18BrCl2N/c1-2-9-3-5-11(6-4-9)18-14-12(16)7-10(15)8-13(14)17/h7-9,11,18H,2-6H2,1H3. The molecule has 0 heterocycles. The average molecular weight is 351 g/mol. The minimum Gasteiger partial charge on any atom is -0.380 e. The maximum absolute atomic E-state index is 6.23. The van der Waals surface area contributed by atoms with E-state index in [-0.39, 0.29) is 0 Å². The summed E-state index contributed by atoms with van der Waals surface area (Å²) in [5.74, 6) is 0.902. The Bertz CT molecular complexity index is 391. The number of hydrogen-bond acceptors (Lipinski definition) is 1. The van der Waals surface area contributed by atoms with Crippen molar-refractivity contribution >= 4 is 44.8 Å². The summed E-state index contributed by atoms with van der Waals surface area (Å²) in [6, 6.07) is 4.27. The van der Waals surface area contributed by atoms with Crippen molar-refractivity contribution < 1.29 is 0 Å². The van der Waals surface area contributed by atoms with Crippen molar-refractivity contribution in [3.05, 3.63) is 26.7 Å². The van der Waals surface area contributed by atoms with Crippen LogP contribution in [0.5, 0.6) is 0 Å². The molecule has 2 rings (SSSR count). The SMILES string of the molecule is CCC1CCC(Nc2c(Cl)cc(Br)cc2Cl)CC1. The largest absolute Gasteiger partial charge is 0.380 e. The summed E-state index contributed by atoms with van der Waals surface area (Å²) < 4.78 is 0.915. The Labute approximate surface area is 127 Å². The van der Waals surface area contributed by atoms with Gasteiger partial charge >= 0.3 is 0 Å². The molecule has 0 saturated heterocycles. The summed E-state index contributed by atoms with van der Waals surface area (Å²) in [6.07, 6.45) is 6.33. The first kappa shape index (κ1) is 14.5. The molecule has 0 spiro atoms. The first-order valence-electron chi connectivity index (χ1n) is 6.51. The average Bonchev–Trinajstić information content (AvgIpc) is 2.34. The van der Waals surface area contributed by atoms with E-state index in [0.717, 1.165) is 16.1 Å². The maximum Gasteiger partial charge on any atom is 0.0721 e. The van der Waals surface area contributed by atoms with Gasteiger partial charge in [-0.15, -0.1) is 0 Å². The maximum atomic E-state index is 6.23. The van der Waals surface area contributed by atoms with E-state index in [1.54, 1.807) is 0 Å². The van der Waals surface area contributed by atoms with Crippen LogP contribution in [0.1, 0.15) is 39.0 Å². The second kappa shape index (κ2) is 6.49. The van der Waals surface area contributed by atoms with Gasteiger partial charge in [-0.3, -0.25) is 0 Å². The summed E-state index contributed by atoms with van der Waals surface area (Å²) in [5.41, 5.74) is 0.876. The predicted octanol–water partition coefficient (Wildman–Crippen LogP) is 6.14. The Morgan fingerprint density at radius 2 is 1.72 bits per heavy atom. The molecular weight excluding hydrogens is 333 g/mol. The molecule has 18 heavy (non-hydrogen) atoms. The summed E-state index contributed by atoms with van der Waals surface area (Å²) in [5, 5.41) is 4.88. The van der Waals surface area contributed by atoms with Crippen LogP contribution in [-0.4, -0.2) is 6.04 Å². The van der Waals surface area contributed by atoms with E-state index in [1.807, 2.05) is 12.1 Å². The molecule has 100 valence electrons. The molecule has 0 radical (unpaired) electrons. The topological polar surface area (TPSA) is 12.0 Å². The first-order valence-corrected chi connectivity index (χ1v) is 8.06. The van der Waals surface area contributed by atoms with Crippen LogP contribution in [0.15, 0.2) is 16.6 Å². The lowest BCUT2D eigenvalue weighted by Gasteiger charge is -2.29. The third-order valence-electron chi connectivity index (χ3n) is 3.78. The van der Waals surface area contributed by atoms with Crippen LogP contribution in [0.3, 0.4) is 0 Å². The monoisotopic (exact) mass is 349 g/mol. The van der Waals surface area contributed by atoms with Crippen molar-refractivity contribution in [3.63, 3.8) is 0 Å². The Morgan fingerprint density at radius 1 is 1.17 bits per heavy atom. The van der Waals surface area contributed by atoms with Gasteiger partial charge in [0.2, 0.25) is 0 Å². The third kappa shape index (κ3) is 3.55. The van der Waals surface area contributed by atoms with Gasteiger partial charge in [-0.25, -0.2) is 0 Å². The van der Waals surface area contributed by atoms with Crippen LogP contribution in [-0.2, 0) is 0 Å². The van der Waals surface area contributed by atoms with Gasteiger partial charge < -0.3 is 5.32 Å². The number of anilines is 1. The minimum absolute atomic E-state index is 0.504. The molecule has 0 atom stereocenters. The molecule has 4 heteroatoms. The van der Waals surface area contributed by atoms with Crippen molar-refractivity contribution in [2.45, 2.75) is 45.1 Å². The van der Waals surface area contributed by atoms with Crippen LogP contribution >= 0.6 is 39.1 Å². The highest BCUT2D eigenvalue weighted by Gasteiger charge is 2.21. The van der Waals surface area contributed by atoms with Crippen LogP contribution < -0.4 is 5.32 Å². The van der Waals surface area contributed by atoms with E-state index in [1.165, 1.54) is 32.1 Å². The Hall–Kier alpha value is 0.0800. The van der Waals surface area contributed by atoms with Crippen molar-refractivity contribution in [3.8, 4) is 0 Å². The molecule has 0 amide bonds. The number of benzene rings is 1. The Balaban J connectivity index is 2.02. The Morgan fingerprint density at radius 3 is 2.22 bits per heavy atom. The number of nitrogens with one attached hydrogen (secondary N) is 1. The lowest BCUT2D eigenvalue weighted by Crippen LogP contribution is -2.26. The van der Waals surface area contributed by atoms with Gasteiger partial charge in [-0.2, -0.15) is 0 Å².